The maximum atomic E-state index is 12.9. The first-order valence-corrected chi connectivity index (χ1v) is 5.18. The van der Waals surface area contributed by atoms with Gasteiger partial charge in [0.05, 0.1) is 6.20 Å². The molecule has 0 unspecified atom stereocenters. The Morgan fingerprint density at radius 1 is 1.37 bits per heavy atom. The van der Waals surface area contributed by atoms with Crippen molar-refractivity contribution in [2.75, 3.05) is 5.32 Å². The molecule has 8 heteroatoms. The summed E-state index contributed by atoms with van der Waals surface area (Å²) in [6, 6.07) is 3.00. The van der Waals surface area contributed by atoms with Crippen molar-refractivity contribution in [3.8, 4) is 0 Å². The summed E-state index contributed by atoms with van der Waals surface area (Å²) in [6.45, 7) is -0.195. The third-order valence-corrected chi connectivity index (χ3v) is 2.19. The lowest BCUT2D eigenvalue weighted by Gasteiger charge is -2.05. The lowest BCUT2D eigenvalue weighted by atomic mass is 10.3. The SMILES string of the molecule is O=Cc1cn(CC(=O)Nc2ccc(F)c(F)c2)nn1. The average molecular weight is 266 g/mol. The van der Waals surface area contributed by atoms with Crippen LogP contribution in [0.2, 0.25) is 0 Å². The highest BCUT2D eigenvalue weighted by molar-refractivity contribution is 5.90. The molecule has 0 aliphatic carbocycles. The van der Waals surface area contributed by atoms with E-state index in [9.17, 15) is 18.4 Å². The zero-order valence-corrected chi connectivity index (χ0v) is 9.51. The molecule has 1 N–H and O–H groups in total. The van der Waals surface area contributed by atoms with E-state index in [4.69, 9.17) is 0 Å². The Hall–Kier alpha value is -2.64. The molecule has 1 aromatic heterocycles. The second-order valence-electron chi connectivity index (χ2n) is 3.64. The second-order valence-corrected chi connectivity index (χ2v) is 3.64. The molecule has 2 rings (SSSR count). The van der Waals surface area contributed by atoms with Crippen LogP contribution in [0.25, 0.3) is 0 Å². The van der Waals surface area contributed by atoms with Crippen LogP contribution in [-0.4, -0.2) is 27.2 Å². The van der Waals surface area contributed by atoms with E-state index in [2.05, 4.69) is 15.6 Å². The van der Waals surface area contributed by atoms with E-state index < -0.39 is 17.5 Å². The molecule has 0 aliphatic rings. The number of halogens is 2. The standard InChI is InChI=1S/C11H8F2N4O2/c12-9-2-1-7(3-10(9)13)14-11(19)5-17-4-8(6-18)15-16-17/h1-4,6H,5H2,(H,14,19). The monoisotopic (exact) mass is 266 g/mol. The van der Waals surface area contributed by atoms with E-state index in [0.29, 0.717) is 6.29 Å². The van der Waals surface area contributed by atoms with Crippen molar-refractivity contribution < 1.29 is 18.4 Å². The molecular formula is C11H8F2N4O2. The van der Waals surface area contributed by atoms with Crippen molar-refractivity contribution in [3.05, 3.63) is 41.7 Å². The maximum absolute atomic E-state index is 12.9. The molecule has 0 aliphatic heterocycles. The number of hydrogen-bond donors (Lipinski definition) is 1. The van der Waals surface area contributed by atoms with Crippen molar-refractivity contribution in [2.24, 2.45) is 0 Å². The average Bonchev–Trinajstić information content (AvgIpc) is 2.81. The Bertz CT molecular complexity index is 627. The summed E-state index contributed by atoms with van der Waals surface area (Å²) in [5.41, 5.74) is 0.222. The summed E-state index contributed by atoms with van der Waals surface area (Å²) in [4.78, 5) is 21.9. The Labute approximate surface area is 106 Å². The van der Waals surface area contributed by atoms with E-state index in [0.717, 1.165) is 16.8 Å². The maximum Gasteiger partial charge on any atom is 0.246 e. The largest absolute Gasteiger partial charge is 0.324 e. The Kier molecular flexibility index (Phi) is 3.60. The number of anilines is 1. The molecule has 2 aromatic rings. The van der Waals surface area contributed by atoms with Gasteiger partial charge in [0, 0.05) is 11.8 Å². The number of aromatic nitrogens is 3. The summed E-state index contributed by atoms with van der Waals surface area (Å²) in [5, 5.41) is 9.38. The number of hydrogen-bond acceptors (Lipinski definition) is 4. The first-order chi connectivity index (χ1) is 9.08. The molecule has 0 fully saturated rings. The first kappa shape index (κ1) is 12.8. The zero-order chi connectivity index (χ0) is 13.8. The number of nitrogens with one attached hydrogen (secondary N) is 1. The minimum Gasteiger partial charge on any atom is -0.324 e. The van der Waals surface area contributed by atoms with Crippen LogP contribution in [-0.2, 0) is 11.3 Å². The van der Waals surface area contributed by atoms with E-state index in [-0.39, 0.29) is 17.9 Å². The molecule has 98 valence electrons. The predicted octanol–water partition coefficient (Wildman–Crippen LogP) is 1.01. The zero-order valence-electron chi connectivity index (χ0n) is 9.51. The van der Waals surface area contributed by atoms with E-state index >= 15 is 0 Å². The predicted molar refractivity (Wildman–Crippen MR) is 60.4 cm³/mol. The van der Waals surface area contributed by atoms with Crippen LogP contribution in [0.3, 0.4) is 0 Å². The number of nitrogens with zero attached hydrogens (tertiary/aromatic N) is 3. The van der Waals surface area contributed by atoms with Gasteiger partial charge < -0.3 is 5.32 Å². The summed E-state index contributed by atoms with van der Waals surface area (Å²) >= 11 is 0. The molecule has 1 aromatic carbocycles. The number of carbonyl (C=O) groups is 2. The van der Waals surface area contributed by atoms with Gasteiger partial charge in [0.25, 0.3) is 0 Å². The van der Waals surface area contributed by atoms with E-state index in [1.54, 1.807) is 0 Å². The molecule has 1 heterocycles. The van der Waals surface area contributed by atoms with Crippen molar-refractivity contribution in [2.45, 2.75) is 6.54 Å². The molecule has 0 radical (unpaired) electrons. The van der Waals surface area contributed by atoms with Crippen LogP contribution in [0.15, 0.2) is 24.4 Å². The fraction of sp³-hybridized carbons (Fsp3) is 0.0909. The van der Waals surface area contributed by atoms with Gasteiger partial charge in [-0.25, -0.2) is 13.5 Å². The third kappa shape index (κ3) is 3.18. The highest BCUT2D eigenvalue weighted by atomic mass is 19.2. The Balaban J connectivity index is 2.00. The molecule has 0 saturated heterocycles. The smallest absolute Gasteiger partial charge is 0.246 e. The molecular weight excluding hydrogens is 258 g/mol. The second kappa shape index (κ2) is 5.34. The molecule has 0 bridgehead atoms. The Morgan fingerprint density at radius 3 is 2.79 bits per heavy atom. The van der Waals surface area contributed by atoms with Crippen molar-refractivity contribution in [1.29, 1.82) is 0 Å². The van der Waals surface area contributed by atoms with Gasteiger partial charge in [-0.05, 0) is 12.1 Å². The van der Waals surface area contributed by atoms with Gasteiger partial charge >= 0.3 is 0 Å². The molecule has 0 spiro atoms. The van der Waals surface area contributed by atoms with Gasteiger partial charge in [0.2, 0.25) is 5.91 Å². The van der Waals surface area contributed by atoms with Crippen LogP contribution < -0.4 is 5.32 Å². The molecule has 0 atom stereocenters. The van der Waals surface area contributed by atoms with E-state index in [1.807, 2.05) is 0 Å². The van der Waals surface area contributed by atoms with Gasteiger partial charge in [-0.15, -0.1) is 5.10 Å². The van der Waals surface area contributed by atoms with Gasteiger partial charge in [0.15, 0.2) is 17.9 Å². The molecule has 6 nitrogen and oxygen atoms in total. The first-order valence-electron chi connectivity index (χ1n) is 5.18. The van der Waals surface area contributed by atoms with Gasteiger partial charge in [-0.2, -0.15) is 0 Å². The highest BCUT2D eigenvalue weighted by Crippen LogP contribution is 2.12. The van der Waals surface area contributed by atoms with Crippen LogP contribution in [0.4, 0.5) is 14.5 Å². The van der Waals surface area contributed by atoms with Crippen LogP contribution in [0.1, 0.15) is 10.5 Å². The van der Waals surface area contributed by atoms with Crippen LogP contribution >= 0.6 is 0 Å². The van der Waals surface area contributed by atoms with Gasteiger partial charge in [-0.3, -0.25) is 9.59 Å². The van der Waals surface area contributed by atoms with Gasteiger partial charge in [0.1, 0.15) is 12.2 Å². The van der Waals surface area contributed by atoms with Gasteiger partial charge in [-0.1, -0.05) is 5.21 Å². The third-order valence-electron chi connectivity index (χ3n) is 2.19. The summed E-state index contributed by atoms with van der Waals surface area (Å²) in [5.74, 6) is -2.56. The number of amides is 1. The number of aldehydes is 1. The number of carbonyl (C=O) groups excluding carboxylic acids is 2. The topological polar surface area (TPSA) is 76.9 Å². The highest BCUT2D eigenvalue weighted by Gasteiger charge is 2.08. The minimum absolute atomic E-state index is 0.0978. The summed E-state index contributed by atoms with van der Waals surface area (Å²) < 4.78 is 26.7. The molecule has 1 amide bonds. The Morgan fingerprint density at radius 2 is 2.16 bits per heavy atom. The van der Waals surface area contributed by atoms with Crippen molar-refractivity contribution in [3.63, 3.8) is 0 Å². The number of rotatable bonds is 4. The lowest BCUT2D eigenvalue weighted by molar-refractivity contribution is -0.116. The van der Waals surface area contributed by atoms with Crippen molar-refractivity contribution in [1.82, 2.24) is 15.0 Å². The van der Waals surface area contributed by atoms with Crippen LogP contribution in [0.5, 0.6) is 0 Å². The van der Waals surface area contributed by atoms with E-state index in [1.165, 1.54) is 12.3 Å². The molecule has 19 heavy (non-hydrogen) atoms. The van der Waals surface area contributed by atoms with Crippen LogP contribution in [0, 0.1) is 11.6 Å². The fourth-order valence-corrected chi connectivity index (χ4v) is 1.37. The normalized spacial score (nSPS) is 10.2. The fourth-order valence-electron chi connectivity index (χ4n) is 1.37. The number of benzene rings is 1. The summed E-state index contributed by atoms with van der Waals surface area (Å²) in [6.07, 6.45) is 1.79. The molecule has 0 saturated carbocycles. The summed E-state index contributed by atoms with van der Waals surface area (Å²) in [7, 11) is 0. The quantitative estimate of drug-likeness (QED) is 0.838. The minimum atomic E-state index is -1.05. The van der Waals surface area contributed by atoms with Crippen molar-refractivity contribution >= 4 is 17.9 Å². The lowest BCUT2D eigenvalue weighted by Crippen LogP contribution is -2.19.